The van der Waals surface area contributed by atoms with Crippen LogP contribution in [-0.4, -0.2) is 38.6 Å². The van der Waals surface area contributed by atoms with Crippen LogP contribution >= 0.6 is 23.8 Å². The molecule has 0 spiro atoms. The first-order valence-electron chi connectivity index (χ1n) is 10.8. The lowest BCUT2D eigenvalue weighted by Gasteiger charge is -2.28. The van der Waals surface area contributed by atoms with Gasteiger partial charge < -0.3 is 13.7 Å². The minimum Gasteiger partial charge on any atom is -0.486 e. The average molecular weight is 557 g/mol. The maximum Gasteiger partial charge on any atom is 0.339 e. The van der Waals surface area contributed by atoms with E-state index in [1.807, 2.05) is 0 Å². The van der Waals surface area contributed by atoms with E-state index >= 15 is 0 Å². The SMILES string of the molecule is O=C1NC(=S)N(c2ccc(Cl)cc2)C(=O)/C1=C\c1ccc(OS(=O)(=O)c2ccc3c(c2)OCCO3)cc1. The highest BCUT2D eigenvalue weighted by Gasteiger charge is 2.34. The Morgan fingerprint density at radius 1 is 0.946 bits per heavy atom. The van der Waals surface area contributed by atoms with E-state index in [0.717, 1.165) is 0 Å². The number of hydrogen-bond donors (Lipinski definition) is 1. The minimum absolute atomic E-state index is 0.0421. The molecule has 0 bridgehead atoms. The van der Waals surface area contributed by atoms with Crippen LogP contribution in [0, 0.1) is 0 Å². The van der Waals surface area contributed by atoms with Gasteiger partial charge in [0.2, 0.25) is 0 Å². The van der Waals surface area contributed by atoms with Crippen molar-refractivity contribution in [2.24, 2.45) is 0 Å². The second-order valence-corrected chi connectivity index (χ2v) is 10.2. The van der Waals surface area contributed by atoms with Gasteiger partial charge in [0.1, 0.15) is 29.4 Å². The molecule has 0 atom stereocenters. The van der Waals surface area contributed by atoms with E-state index in [-0.39, 0.29) is 21.3 Å². The van der Waals surface area contributed by atoms with Crippen molar-refractivity contribution >= 4 is 62.6 Å². The number of nitrogens with zero attached hydrogens (tertiary/aromatic N) is 1. The first kappa shape index (κ1) is 24.8. The van der Waals surface area contributed by atoms with Crippen LogP contribution in [0.15, 0.2) is 77.2 Å². The van der Waals surface area contributed by atoms with Gasteiger partial charge in [-0.15, -0.1) is 0 Å². The first-order chi connectivity index (χ1) is 17.7. The zero-order chi connectivity index (χ0) is 26.2. The topological polar surface area (TPSA) is 111 Å². The Morgan fingerprint density at radius 3 is 2.32 bits per heavy atom. The molecule has 1 saturated heterocycles. The number of anilines is 1. The maximum absolute atomic E-state index is 13.1. The largest absolute Gasteiger partial charge is 0.486 e. The molecule has 2 amide bonds. The number of halogens is 1. The Kier molecular flexibility index (Phi) is 6.59. The molecule has 12 heteroatoms. The van der Waals surface area contributed by atoms with E-state index in [0.29, 0.717) is 41.0 Å². The molecule has 1 fully saturated rings. The Morgan fingerprint density at radius 2 is 1.62 bits per heavy atom. The first-order valence-corrected chi connectivity index (χ1v) is 13.0. The summed E-state index contributed by atoms with van der Waals surface area (Å²) in [4.78, 5) is 26.7. The highest BCUT2D eigenvalue weighted by molar-refractivity contribution is 7.87. The standard InChI is InChI=1S/C25H17ClN2O7S2/c26-16-3-5-17(6-4-16)28-24(30)20(23(29)27-25(28)36)13-15-1-7-18(8-2-15)35-37(31,32)19-9-10-21-22(14-19)34-12-11-33-21/h1-10,13-14H,11-12H2,(H,27,29,36)/b20-13-. The second kappa shape index (κ2) is 9.85. The fraction of sp³-hybridized carbons (Fsp3) is 0.0800. The summed E-state index contributed by atoms with van der Waals surface area (Å²) in [6.45, 7) is 0.704. The van der Waals surface area contributed by atoms with Crippen LogP contribution in [0.1, 0.15) is 5.56 Å². The number of carbonyl (C=O) groups is 2. The molecule has 2 aliphatic rings. The molecule has 3 aromatic carbocycles. The van der Waals surface area contributed by atoms with E-state index in [2.05, 4.69) is 5.32 Å². The van der Waals surface area contributed by atoms with Crippen LogP contribution in [-0.2, 0) is 19.7 Å². The smallest absolute Gasteiger partial charge is 0.339 e. The van der Waals surface area contributed by atoms with Crippen LogP contribution < -0.4 is 23.9 Å². The lowest BCUT2D eigenvalue weighted by atomic mass is 10.1. The number of benzene rings is 3. The van der Waals surface area contributed by atoms with Gasteiger partial charge in [0.15, 0.2) is 16.6 Å². The highest BCUT2D eigenvalue weighted by atomic mass is 35.5. The molecule has 3 aromatic rings. The van der Waals surface area contributed by atoms with Gasteiger partial charge in [-0.2, -0.15) is 8.42 Å². The van der Waals surface area contributed by atoms with Crippen molar-refractivity contribution in [3.05, 3.63) is 82.9 Å². The van der Waals surface area contributed by atoms with E-state index in [1.54, 1.807) is 24.3 Å². The molecule has 0 aliphatic carbocycles. The summed E-state index contributed by atoms with van der Waals surface area (Å²) in [7, 11) is -4.15. The average Bonchev–Trinajstić information content (AvgIpc) is 2.88. The van der Waals surface area contributed by atoms with Crippen LogP contribution in [0.5, 0.6) is 17.2 Å². The number of rotatable bonds is 5. The minimum atomic E-state index is -4.15. The van der Waals surface area contributed by atoms with Crippen molar-refractivity contribution < 1.29 is 31.7 Å². The van der Waals surface area contributed by atoms with Gasteiger partial charge in [-0.05, 0) is 72.4 Å². The van der Waals surface area contributed by atoms with Crippen LogP contribution in [0.3, 0.4) is 0 Å². The maximum atomic E-state index is 13.1. The van der Waals surface area contributed by atoms with E-state index in [4.69, 9.17) is 37.5 Å². The monoisotopic (exact) mass is 556 g/mol. The molecule has 188 valence electrons. The Labute approximate surface area is 222 Å². The van der Waals surface area contributed by atoms with Gasteiger partial charge in [-0.25, -0.2) is 0 Å². The molecule has 0 radical (unpaired) electrons. The molecule has 0 unspecified atom stereocenters. The summed E-state index contributed by atoms with van der Waals surface area (Å²) < 4.78 is 41.6. The molecule has 0 aromatic heterocycles. The molecule has 5 rings (SSSR count). The molecule has 9 nitrogen and oxygen atoms in total. The van der Waals surface area contributed by atoms with Crippen LogP contribution in [0.25, 0.3) is 6.08 Å². The van der Waals surface area contributed by atoms with Crippen molar-refractivity contribution in [1.82, 2.24) is 5.32 Å². The van der Waals surface area contributed by atoms with Crippen LogP contribution in [0.2, 0.25) is 5.02 Å². The molecule has 0 saturated carbocycles. The molecule has 2 aliphatic heterocycles. The summed E-state index contributed by atoms with van der Waals surface area (Å²) in [5, 5.41) is 2.93. The molecule has 37 heavy (non-hydrogen) atoms. The number of hydrogen-bond acceptors (Lipinski definition) is 8. The third-order valence-corrected chi connectivity index (χ3v) is 7.17. The number of amides is 2. The summed E-state index contributed by atoms with van der Waals surface area (Å²) >= 11 is 11.1. The Hall–Kier alpha value is -3.93. The van der Waals surface area contributed by atoms with Crippen molar-refractivity contribution in [3.8, 4) is 17.2 Å². The van der Waals surface area contributed by atoms with E-state index in [9.17, 15) is 18.0 Å². The molecular weight excluding hydrogens is 540 g/mol. The van der Waals surface area contributed by atoms with Gasteiger partial charge in [0, 0.05) is 11.1 Å². The Balaban J connectivity index is 1.35. The van der Waals surface area contributed by atoms with Gasteiger partial charge >= 0.3 is 10.1 Å². The third-order valence-electron chi connectivity index (χ3n) is 5.39. The van der Waals surface area contributed by atoms with Crippen LogP contribution in [0.4, 0.5) is 5.69 Å². The lowest BCUT2D eigenvalue weighted by Crippen LogP contribution is -2.54. The quantitative estimate of drug-likeness (QED) is 0.219. The Bertz CT molecular complexity index is 1550. The predicted octanol–water partition coefficient (Wildman–Crippen LogP) is 3.71. The number of ether oxygens (including phenoxy) is 2. The normalized spacial score (nSPS) is 16.5. The van der Waals surface area contributed by atoms with Gasteiger partial charge in [0.25, 0.3) is 11.8 Å². The lowest BCUT2D eigenvalue weighted by molar-refractivity contribution is -0.122. The number of carbonyl (C=O) groups excluding carboxylic acids is 2. The molecule has 2 heterocycles. The number of nitrogens with one attached hydrogen (secondary N) is 1. The van der Waals surface area contributed by atoms with Crippen molar-refractivity contribution in [1.29, 1.82) is 0 Å². The summed E-state index contributed by atoms with van der Waals surface area (Å²) in [6.07, 6.45) is 1.38. The fourth-order valence-corrected chi connectivity index (χ4v) is 4.98. The van der Waals surface area contributed by atoms with Gasteiger partial charge in [-0.3, -0.25) is 19.8 Å². The van der Waals surface area contributed by atoms with E-state index < -0.39 is 21.9 Å². The predicted molar refractivity (Wildman–Crippen MR) is 139 cm³/mol. The zero-order valence-corrected chi connectivity index (χ0v) is 21.2. The zero-order valence-electron chi connectivity index (χ0n) is 18.8. The van der Waals surface area contributed by atoms with Gasteiger partial charge in [-0.1, -0.05) is 23.7 Å². The number of thiocarbonyl (C=S) groups is 1. The van der Waals surface area contributed by atoms with Crippen molar-refractivity contribution in [3.63, 3.8) is 0 Å². The molecule has 1 N–H and O–H groups in total. The fourth-order valence-electron chi connectivity index (χ4n) is 3.62. The number of fused-ring (bicyclic) bond motifs is 1. The van der Waals surface area contributed by atoms with E-state index in [1.165, 1.54) is 53.4 Å². The third kappa shape index (κ3) is 5.15. The summed E-state index contributed by atoms with van der Waals surface area (Å²) in [5.41, 5.74) is 0.756. The van der Waals surface area contributed by atoms with Crippen molar-refractivity contribution in [2.45, 2.75) is 4.90 Å². The van der Waals surface area contributed by atoms with Crippen molar-refractivity contribution in [2.75, 3.05) is 18.1 Å². The second-order valence-electron chi connectivity index (χ2n) is 7.85. The summed E-state index contributed by atoms with van der Waals surface area (Å²) in [5.74, 6) is -0.445. The summed E-state index contributed by atoms with van der Waals surface area (Å²) in [6, 6.07) is 16.5. The molecular formula is C25H17ClN2O7S2. The highest BCUT2D eigenvalue weighted by Crippen LogP contribution is 2.33. The van der Waals surface area contributed by atoms with Gasteiger partial charge in [0.05, 0.1) is 5.69 Å².